The summed E-state index contributed by atoms with van der Waals surface area (Å²) < 4.78 is 0. The average molecular weight is 228 g/mol. The summed E-state index contributed by atoms with van der Waals surface area (Å²) in [5, 5.41) is 0. The van der Waals surface area contributed by atoms with E-state index in [1.54, 1.807) is 6.92 Å². The molecule has 0 aromatic heterocycles. The number of carbonyl (C=O) groups is 1. The number of benzene rings is 1. The number of carbonyl (C=O) groups excluding carboxylic acids is 1. The number of rotatable bonds is 3. The summed E-state index contributed by atoms with van der Waals surface area (Å²) in [7, 11) is 0. The van der Waals surface area contributed by atoms with E-state index in [1.807, 2.05) is 12.1 Å². The van der Waals surface area contributed by atoms with Crippen molar-refractivity contribution in [3.05, 3.63) is 48.0 Å². The molecule has 1 heteroatoms. The molecule has 1 aliphatic carbocycles. The van der Waals surface area contributed by atoms with E-state index >= 15 is 0 Å². The maximum atomic E-state index is 11.2. The van der Waals surface area contributed by atoms with E-state index in [1.165, 1.54) is 31.2 Å². The van der Waals surface area contributed by atoms with Crippen LogP contribution in [0.2, 0.25) is 0 Å². The first-order valence-electron chi connectivity index (χ1n) is 6.44. The Labute approximate surface area is 104 Å². The van der Waals surface area contributed by atoms with Gasteiger partial charge in [0.1, 0.15) is 0 Å². The lowest BCUT2D eigenvalue weighted by Gasteiger charge is -2.26. The Kier molecular flexibility index (Phi) is 3.78. The van der Waals surface area contributed by atoms with Gasteiger partial charge >= 0.3 is 0 Å². The molecule has 2 rings (SSSR count). The van der Waals surface area contributed by atoms with Crippen molar-refractivity contribution in [2.45, 2.75) is 38.5 Å². The number of ketones is 1. The molecule has 90 valence electrons. The summed E-state index contributed by atoms with van der Waals surface area (Å²) in [5.74, 6) is 1.53. The SMILES string of the molecule is C=CC1CCC(c2ccc(C(C)=O)cc2)CC1. The molecule has 0 bridgehead atoms. The number of Topliss-reactive ketones (excluding diaryl/α,β-unsaturated/α-hetero) is 1. The van der Waals surface area contributed by atoms with Crippen LogP contribution in [0.1, 0.15) is 54.4 Å². The summed E-state index contributed by atoms with van der Waals surface area (Å²) in [6.07, 6.45) is 7.09. The average Bonchev–Trinajstić information content (AvgIpc) is 2.39. The first-order valence-corrected chi connectivity index (χ1v) is 6.44. The summed E-state index contributed by atoms with van der Waals surface area (Å²) in [6.45, 7) is 5.49. The molecule has 0 unspecified atom stereocenters. The van der Waals surface area contributed by atoms with Gasteiger partial charge in [-0.15, -0.1) is 6.58 Å². The minimum absolute atomic E-state index is 0.145. The molecule has 1 saturated carbocycles. The molecule has 1 aromatic rings. The van der Waals surface area contributed by atoms with Crippen LogP contribution in [0, 0.1) is 5.92 Å². The van der Waals surface area contributed by atoms with Gasteiger partial charge in [-0.1, -0.05) is 30.3 Å². The molecule has 1 aliphatic rings. The number of hydrogen-bond donors (Lipinski definition) is 0. The fourth-order valence-electron chi connectivity index (χ4n) is 2.68. The largest absolute Gasteiger partial charge is 0.295 e. The van der Waals surface area contributed by atoms with Crippen molar-refractivity contribution in [1.29, 1.82) is 0 Å². The zero-order chi connectivity index (χ0) is 12.3. The van der Waals surface area contributed by atoms with E-state index < -0.39 is 0 Å². The molecule has 0 amide bonds. The van der Waals surface area contributed by atoms with Crippen molar-refractivity contribution in [3.63, 3.8) is 0 Å². The van der Waals surface area contributed by atoms with E-state index in [2.05, 4.69) is 24.8 Å². The Balaban J connectivity index is 2.03. The standard InChI is InChI=1S/C16H20O/c1-3-13-4-6-15(7-5-13)16-10-8-14(9-11-16)12(2)17/h3,8-11,13,15H,1,4-7H2,2H3. The van der Waals surface area contributed by atoms with Gasteiger partial charge in [-0.2, -0.15) is 0 Å². The highest BCUT2D eigenvalue weighted by Gasteiger charge is 2.20. The third-order valence-electron chi connectivity index (χ3n) is 3.89. The van der Waals surface area contributed by atoms with Crippen LogP contribution in [0.15, 0.2) is 36.9 Å². The van der Waals surface area contributed by atoms with Crippen LogP contribution in [0.4, 0.5) is 0 Å². The molecule has 1 fully saturated rings. The summed E-state index contributed by atoms with van der Waals surface area (Å²) >= 11 is 0. The molecule has 0 atom stereocenters. The summed E-state index contributed by atoms with van der Waals surface area (Å²) in [4.78, 5) is 11.2. The highest BCUT2D eigenvalue weighted by molar-refractivity contribution is 5.94. The van der Waals surface area contributed by atoms with Gasteiger partial charge in [-0.3, -0.25) is 4.79 Å². The van der Waals surface area contributed by atoms with Crippen LogP contribution in [-0.2, 0) is 0 Å². The van der Waals surface area contributed by atoms with Crippen LogP contribution >= 0.6 is 0 Å². The second-order valence-electron chi connectivity index (χ2n) is 5.03. The normalized spacial score (nSPS) is 24.3. The Morgan fingerprint density at radius 3 is 2.24 bits per heavy atom. The predicted molar refractivity (Wildman–Crippen MR) is 71.3 cm³/mol. The topological polar surface area (TPSA) is 17.1 Å². The molecular weight excluding hydrogens is 208 g/mol. The monoisotopic (exact) mass is 228 g/mol. The Bertz CT molecular complexity index is 394. The lowest BCUT2D eigenvalue weighted by molar-refractivity contribution is 0.101. The first-order chi connectivity index (χ1) is 8.20. The highest BCUT2D eigenvalue weighted by atomic mass is 16.1. The van der Waals surface area contributed by atoms with Crippen LogP contribution < -0.4 is 0 Å². The van der Waals surface area contributed by atoms with E-state index in [0.717, 1.165) is 5.56 Å². The van der Waals surface area contributed by atoms with Crippen molar-refractivity contribution in [2.24, 2.45) is 5.92 Å². The van der Waals surface area contributed by atoms with E-state index in [-0.39, 0.29) is 5.78 Å². The quantitative estimate of drug-likeness (QED) is 0.555. The predicted octanol–water partition coefficient (Wildman–Crippen LogP) is 4.35. The minimum atomic E-state index is 0.145. The van der Waals surface area contributed by atoms with Crippen molar-refractivity contribution in [3.8, 4) is 0 Å². The molecule has 17 heavy (non-hydrogen) atoms. The smallest absolute Gasteiger partial charge is 0.159 e. The highest BCUT2D eigenvalue weighted by Crippen LogP contribution is 2.36. The zero-order valence-corrected chi connectivity index (χ0v) is 10.5. The maximum Gasteiger partial charge on any atom is 0.159 e. The lowest BCUT2D eigenvalue weighted by Crippen LogP contribution is -2.11. The third kappa shape index (κ3) is 2.85. The Hall–Kier alpha value is -1.37. The third-order valence-corrected chi connectivity index (χ3v) is 3.89. The van der Waals surface area contributed by atoms with Gasteiger partial charge in [0, 0.05) is 5.56 Å². The summed E-state index contributed by atoms with van der Waals surface area (Å²) in [5.41, 5.74) is 2.20. The van der Waals surface area contributed by atoms with Crippen molar-refractivity contribution >= 4 is 5.78 Å². The maximum absolute atomic E-state index is 11.2. The molecule has 0 spiro atoms. The molecule has 1 nitrogen and oxygen atoms in total. The van der Waals surface area contributed by atoms with E-state index in [4.69, 9.17) is 0 Å². The molecule has 0 aliphatic heterocycles. The van der Waals surface area contributed by atoms with Crippen LogP contribution in [0.25, 0.3) is 0 Å². The van der Waals surface area contributed by atoms with Gasteiger partial charge < -0.3 is 0 Å². The fourth-order valence-corrected chi connectivity index (χ4v) is 2.68. The zero-order valence-electron chi connectivity index (χ0n) is 10.5. The molecule has 0 saturated heterocycles. The number of allylic oxidation sites excluding steroid dienone is 1. The summed E-state index contributed by atoms with van der Waals surface area (Å²) in [6, 6.07) is 8.15. The molecule has 0 N–H and O–H groups in total. The van der Waals surface area contributed by atoms with E-state index in [0.29, 0.717) is 11.8 Å². The second kappa shape index (κ2) is 5.31. The van der Waals surface area contributed by atoms with Gasteiger partial charge in [0.2, 0.25) is 0 Å². The van der Waals surface area contributed by atoms with Gasteiger partial charge in [0.25, 0.3) is 0 Å². The molecular formula is C16H20O. The van der Waals surface area contributed by atoms with Crippen LogP contribution in [0.5, 0.6) is 0 Å². The van der Waals surface area contributed by atoms with Gasteiger partial charge in [-0.05, 0) is 50.0 Å². The second-order valence-corrected chi connectivity index (χ2v) is 5.03. The molecule has 0 radical (unpaired) electrons. The lowest BCUT2D eigenvalue weighted by atomic mass is 9.78. The molecule has 1 aromatic carbocycles. The minimum Gasteiger partial charge on any atom is -0.295 e. The first kappa shape index (κ1) is 12.1. The molecule has 0 heterocycles. The van der Waals surface area contributed by atoms with E-state index in [9.17, 15) is 4.79 Å². The van der Waals surface area contributed by atoms with Crippen LogP contribution in [0.3, 0.4) is 0 Å². The van der Waals surface area contributed by atoms with Crippen molar-refractivity contribution < 1.29 is 4.79 Å². The van der Waals surface area contributed by atoms with Crippen molar-refractivity contribution in [1.82, 2.24) is 0 Å². The Morgan fingerprint density at radius 1 is 1.18 bits per heavy atom. The van der Waals surface area contributed by atoms with Gasteiger partial charge in [0.15, 0.2) is 5.78 Å². The fraction of sp³-hybridized carbons (Fsp3) is 0.438. The van der Waals surface area contributed by atoms with Gasteiger partial charge in [0.05, 0.1) is 0 Å². The van der Waals surface area contributed by atoms with Gasteiger partial charge in [-0.25, -0.2) is 0 Å². The van der Waals surface area contributed by atoms with Crippen LogP contribution in [-0.4, -0.2) is 5.78 Å². The van der Waals surface area contributed by atoms with Crippen molar-refractivity contribution in [2.75, 3.05) is 0 Å². The number of hydrogen-bond acceptors (Lipinski definition) is 1. The Morgan fingerprint density at radius 2 is 1.76 bits per heavy atom.